The Morgan fingerprint density at radius 3 is 2.43 bits per heavy atom. The first kappa shape index (κ1) is 20.0. The standard InChI is InChI=1S/C22H27FN4Si/c1-16-12-21(26-27(16)15-18-8-11-22(24-2)25-14-18)20(23)13-17-6-9-19(10-7-17)28(3,4)5/h6-14H,15H2,1-5H3,(H,24,25)/b20-13-. The fourth-order valence-corrected chi connectivity index (χ4v) is 4.09. The Morgan fingerprint density at radius 1 is 1.14 bits per heavy atom. The number of hydrogen-bond acceptors (Lipinski definition) is 3. The number of hydrogen-bond donors (Lipinski definition) is 1. The number of pyridine rings is 1. The summed E-state index contributed by atoms with van der Waals surface area (Å²) in [6.45, 7) is 9.39. The molecule has 0 unspecified atom stereocenters. The van der Waals surface area contributed by atoms with Gasteiger partial charge < -0.3 is 5.32 Å². The number of halogens is 1. The Balaban J connectivity index is 1.78. The molecule has 0 aliphatic rings. The van der Waals surface area contributed by atoms with Crippen molar-refractivity contribution in [2.45, 2.75) is 33.1 Å². The van der Waals surface area contributed by atoms with Gasteiger partial charge in [0.15, 0.2) is 5.83 Å². The lowest BCUT2D eigenvalue weighted by molar-refractivity contribution is 0.653. The quantitative estimate of drug-likeness (QED) is 0.617. The van der Waals surface area contributed by atoms with Crippen LogP contribution in [-0.2, 0) is 6.54 Å². The van der Waals surface area contributed by atoms with Crippen LogP contribution in [0.3, 0.4) is 0 Å². The highest BCUT2D eigenvalue weighted by molar-refractivity contribution is 6.88. The normalized spacial score (nSPS) is 12.3. The van der Waals surface area contributed by atoms with Crippen LogP contribution in [0.5, 0.6) is 0 Å². The summed E-state index contributed by atoms with van der Waals surface area (Å²) >= 11 is 0. The zero-order chi connectivity index (χ0) is 20.3. The van der Waals surface area contributed by atoms with Gasteiger partial charge in [-0.1, -0.05) is 55.2 Å². The van der Waals surface area contributed by atoms with Crippen molar-refractivity contribution in [1.29, 1.82) is 0 Å². The Bertz CT molecular complexity index is 967. The molecule has 0 saturated heterocycles. The first-order valence-corrected chi connectivity index (χ1v) is 12.9. The van der Waals surface area contributed by atoms with Gasteiger partial charge in [-0.3, -0.25) is 4.68 Å². The molecule has 0 aliphatic heterocycles. The second-order valence-electron chi connectivity index (χ2n) is 7.99. The number of rotatable bonds is 6. The van der Waals surface area contributed by atoms with Crippen LogP contribution in [0.15, 0.2) is 48.7 Å². The minimum Gasteiger partial charge on any atom is -0.373 e. The summed E-state index contributed by atoms with van der Waals surface area (Å²) < 4.78 is 16.6. The zero-order valence-electron chi connectivity index (χ0n) is 17.1. The lowest BCUT2D eigenvalue weighted by Gasteiger charge is -2.16. The molecular weight excluding hydrogens is 367 g/mol. The Hall–Kier alpha value is -2.73. The van der Waals surface area contributed by atoms with Crippen molar-refractivity contribution < 1.29 is 4.39 Å². The molecule has 0 radical (unpaired) electrons. The molecule has 3 aromatic rings. The smallest absolute Gasteiger partial charge is 0.151 e. The Morgan fingerprint density at radius 2 is 1.86 bits per heavy atom. The molecule has 0 amide bonds. The Labute approximate surface area is 167 Å². The van der Waals surface area contributed by atoms with Gasteiger partial charge in [-0.25, -0.2) is 9.37 Å². The molecule has 3 rings (SSSR count). The SMILES string of the molecule is CNc1ccc(Cn2nc(/C(F)=C/c3ccc([Si](C)(C)C)cc3)cc2C)cn1. The second kappa shape index (κ2) is 8.10. The van der Waals surface area contributed by atoms with Crippen LogP contribution in [-0.4, -0.2) is 29.9 Å². The van der Waals surface area contributed by atoms with E-state index in [1.54, 1.807) is 23.0 Å². The highest BCUT2D eigenvalue weighted by Gasteiger charge is 2.15. The summed E-state index contributed by atoms with van der Waals surface area (Å²) in [5.74, 6) is 0.488. The summed E-state index contributed by atoms with van der Waals surface area (Å²) in [4.78, 5) is 4.31. The minimum atomic E-state index is -1.35. The maximum atomic E-state index is 14.8. The van der Waals surface area contributed by atoms with Gasteiger partial charge in [-0.05, 0) is 36.3 Å². The van der Waals surface area contributed by atoms with E-state index in [-0.39, 0.29) is 5.83 Å². The largest absolute Gasteiger partial charge is 0.373 e. The first-order valence-electron chi connectivity index (χ1n) is 9.41. The molecule has 6 heteroatoms. The van der Waals surface area contributed by atoms with Crippen molar-refractivity contribution in [2.75, 3.05) is 12.4 Å². The molecule has 0 atom stereocenters. The summed E-state index contributed by atoms with van der Waals surface area (Å²) in [6.07, 6.45) is 3.35. The lowest BCUT2D eigenvalue weighted by Crippen LogP contribution is -2.37. The van der Waals surface area contributed by atoms with Gasteiger partial charge in [0, 0.05) is 18.9 Å². The van der Waals surface area contributed by atoms with Crippen molar-refractivity contribution >= 4 is 31.0 Å². The molecule has 4 nitrogen and oxygen atoms in total. The number of nitrogens with zero attached hydrogens (tertiary/aromatic N) is 3. The van der Waals surface area contributed by atoms with Gasteiger partial charge in [-0.15, -0.1) is 0 Å². The molecule has 0 spiro atoms. The third-order valence-corrected chi connectivity index (χ3v) is 6.77. The molecule has 146 valence electrons. The minimum absolute atomic E-state index is 0.328. The molecule has 2 heterocycles. The maximum absolute atomic E-state index is 14.8. The van der Waals surface area contributed by atoms with Gasteiger partial charge in [0.25, 0.3) is 0 Å². The zero-order valence-corrected chi connectivity index (χ0v) is 18.1. The number of aryl methyl sites for hydroxylation is 1. The summed E-state index contributed by atoms with van der Waals surface area (Å²) in [6, 6.07) is 13.9. The van der Waals surface area contributed by atoms with E-state index in [0.29, 0.717) is 12.2 Å². The van der Waals surface area contributed by atoms with Crippen molar-refractivity contribution in [3.63, 3.8) is 0 Å². The predicted octanol–water partition coefficient (Wildman–Crippen LogP) is 4.69. The summed E-state index contributed by atoms with van der Waals surface area (Å²) in [5.41, 5.74) is 3.12. The second-order valence-corrected chi connectivity index (χ2v) is 13.1. The van der Waals surface area contributed by atoms with Crippen LogP contribution in [0, 0.1) is 6.92 Å². The van der Waals surface area contributed by atoms with Gasteiger partial charge in [0.1, 0.15) is 11.5 Å². The fraction of sp³-hybridized carbons (Fsp3) is 0.273. The number of aromatic nitrogens is 3. The average molecular weight is 395 g/mol. The van der Waals surface area contributed by atoms with E-state index in [4.69, 9.17) is 0 Å². The van der Waals surface area contributed by atoms with E-state index in [1.165, 1.54) is 5.19 Å². The molecule has 1 aromatic carbocycles. The average Bonchev–Trinajstić information content (AvgIpc) is 3.03. The van der Waals surface area contributed by atoms with Crippen LogP contribution >= 0.6 is 0 Å². The van der Waals surface area contributed by atoms with Crippen LogP contribution in [0.1, 0.15) is 22.5 Å². The number of nitrogens with one attached hydrogen (secondary N) is 1. The molecule has 2 aromatic heterocycles. The highest BCUT2D eigenvalue weighted by Crippen LogP contribution is 2.20. The van der Waals surface area contributed by atoms with E-state index in [0.717, 1.165) is 22.6 Å². The van der Waals surface area contributed by atoms with Crippen LogP contribution < -0.4 is 10.5 Å². The van der Waals surface area contributed by atoms with Gasteiger partial charge in [-0.2, -0.15) is 5.10 Å². The van der Waals surface area contributed by atoms with Crippen LogP contribution in [0.2, 0.25) is 19.6 Å². The fourth-order valence-electron chi connectivity index (χ4n) is 2.93. The summed E-state index contributed by atoms with van der Waals surface area (Å²) in [7, 11) is 0.486. The van der Waals surface area contributed by atoms with Crippen LogP contribution in [0.25, 0.3) is 11.9 Å². The Kier molecular flexibility index (Phi) is 5.79. The van der Waals surface area contributed by atoms with Crippen molar-refractivity contribution in [2.24, 2.45) is 0 Å². The van der Waals surface area contributed by atoms with E-state index >= 15 is 0 Å². The highest BCUT2D eigenvalue weighted by atomic mass is 28.3. The van der Waals surface area contributed by atoms with E-state index in [9.17, 15) is 4.39 Å². The molecule has 28 heavy (non-hydrogen) atoms. The van der Waals surface area contributed by atoms with E-state index < -0.39 is 8.07 Å². The van der Waals surface area contributed by atoms with Crippen molar-refractivity contribution in [1.82, 2.24) is 14.8 Å². The predicted molar refractivity (Wildman–Crippen MR) is 118 cm³/mol. The number of anilines is 1. The third-order valence-electron chi connectivity index (χ3n) is 4.71. The molecular formula is C22H27FN4Si. The topological polar surface area (TPSA) is 42.7 Å². The maximum Gasteiger partial charge on any atom is 0.151 e. The van der Waals surface area contributed by atoms with Crippen molar-refractivity contribution in [3.8, 4) is 0 Å². The van der Waals surface area contributed by atoms with E-state index in [2.05, 4.69) is 47.2 Å². The monoisotopic (exact) mass is 394 g/mol. The van der Waals surface area contributed by atoms with Gasteiger partial charge >= 0.3 is 0 Å². The number of benzene rings is 1. The molecule has 0 fully saturated rings. The van der Waals surface area contributed by atoms with Crippen LogP contribution in [0.4, 0.5) is 10.2 Å². The molecule has 0 saturated carbocycles. The lowest BCUT2D eigenvalue weighted by atomic mass is 10.2. The third kappa shape index (κ3) is 4.75. The van der Waals surface area contributed by atoms with Gasteiger partial charge in [0.2, 0.25) is 0 Å². The molecule has 0 bridgehead atoms. The van der Waals surface area contributed by atoms with E-state index in [1.807, 2.05) is 38.2 Å². The van der Waals surface area contributed by atoms with Gasteiger partial charge in [0.05, 0.1) is 14.6 Å². The molecule has 0 aliphatic carbocycles. The summed E-state index contributed by atoms with van der Waals surface area (Å²) in [5, 5.41) is 8.80. The molecule has 1 N–H and O–H groups in total. The first-order chi connectivity index (χ1) is 13.3. The van der Waals surface area contributed by atoms with Crippen molar-refractivity contribution in [3.05, 3.63) is 71.2 Å².